The first-order valence-electron chi connectivity index (χ1n) is 6.34. The summed E-state index contributed by atoms with van der Waals surface area (Å²) in [6.07, 6.45) is 0. The van der Waals surface area contributed by atoms with Crippen molar-refractivity contribution in [3.8, 4) is 11.5 Å². The number of anilines is 1. The minimum absolute atomic E-state index is 0.138. The molecule has 0 fully saturated rings. The van der Waals surface area contributed by atoms with Crippen LogP contribution in [0.3, 0.4) is 0 Å². The Kier molecular flexibility index (Phi) is 3.48. The van der Waals surface area contributed by atoms with E-state index in [1.165, 1.54) is 4.88 Å². The number of fused-ring (bicyclic) bond motifs is 1. The number of aromatic nitrogens is 1. The fourth-order valence-corrected chi connectivity index (χ4v) is 3.41. The van der Waals surface area contributed by atoms with Gasteiger partial charge in [0.15, 0.2) is 11.5 Å². The molecule has 1 unspecified atom stereocenters. The summed E-state index contributed by atoms with van der Waals surface area (Å²) in [5.74, 6) is 1.42. The number of hydrogen-bond acceptors (Lipinski definition) is 5. The van der Waals surface area contributed by atoms with Crippen LogP contribution in [-0.2, 0) is 0 Å². The van der Waals surface area contributed by atoms with Gasteiger partial charge in [0.1, 0.15) is 0 Å². The van der Waals surface area contributed by atoms with E-state index in [2.05, 4.69) is 17.2 Å². The summed E-state index contributed by atoms with van der Waals surface area (Å²) in [6, 6.07) is 3.80. The molecule has 1 aliphatic heterocycles. The number of nitrogens with one attached hydrogen (secondary N) is 1. The molecule has 0 aliphatic carbocycles. The Hall–Kier alpha value is -1.46. The van der Waals surface area contributed by atoms with Crippen LogP contribution in [0.5, 0.6) is 11.5 Å². The SMILES string of the molecule is Cc1nc(C)c(C(C)Nc2cc3c(cc2Cl)OCO3)s1. The van der Waals surface area contributed by atoms with E-state index in [9.17, 15) is 0 Å². The van der Waals surface area contributed by atoms with Gasteiger partial charge in [-0.25, -0.2) is 4.98 Å². The Morgan fingerprint density at radius 2 is 2.00 bits per heavy atom. The molecule has 4 nitrogen and oxygen atoms in total. The average Bonchev–Trinajstić information content (AvgIpc) is 2.95. The normalized spacial score (nSPS) is 14.4. The van der Waals surface area contributed by atoms with Gasteiger partial charge in [-0.2, -0.15) is 0 Å². The van der Waals surface area contributed by atoms with Crippen molar-refractivity contribution in [3.63, 3.8) is 0 Å². The van der Waals surface area contributed by atoms with Crippen LogP contribution < -0.4 is 14.8 Å². The molecule has 2 aromatic rings. The Bertz CT molecular complexity index is 657. The zero-order chi connectivity index (χ0) is 14.3. The first kappa shape index (κ1) is 13.5. The van der Waals surface area contributed by atoms with Crippen LogP contribution in [0.25, 0.3) is 0 Å². The maximum absolute atomic E-state index is 6.27. The minimum atomic E-state index is 0.138. The lowest BCUT2D eigenvalue weighted by atomic mass is 10.2. The molecule has 0 saturated heterocycles. The zero-order valence-electron chi connectivity index (χ0n) is 11.5. The number of nitrogens with zero attached hydrogens (tertiary/aromatic N) is 1. The van der Waals surface area contributed by atoms with Crippen LogP contribution in [0.4, 0.5) is 5.69 Å². The van der Waals surface area contributed by atoms with Gasteiger partial charge in [-0.1, -0.05) is 11.6 Å². The molecule has 1 N–H and O–H groups in total. The van der Waals surface area contributed by atoms with Gasteiger partial charge in [-0.3, -0.25) is 0 Å². The number of aryl methyl sites for hydroxylation is 2. The fraction of sp³-hybridized carbons (Fsp3) is 0.357. The summed E-state index contributed by atoms with van der Waals surface area (Å²) in [5, 5.41) is 5.11. The number of benzene rings is 1. The van der Waals surface area contributed by atoms with E-state index in [0.717, 1.165) is 22.1 Å². The van der Waals surface area contributed by atoms with Crippen molar-refractivity contribution in [3.05, 3.63) is 32.7 Å². The predicted molar refractivity (Wildman–Crippen MR) is 81.2 cm³/mol. The largest absolute Gasteiger partial charge is 0.454 e. The molecule has 1 atom stereocenters. The standard InChI is InChI=1S/C14H15ClN2O2S/c1-7-14(20-9(3)16-7)8(2)17-11-5-13-12(4-10(11)15)18-6-19-13/h4-5,8,17H,6H2,1-3H3. The van der Waals surface area contributed by atoms with Crippen molar-refractivity contribution in [1.82, 2.24) is 4.98 Å². The molecule has 0 bridgehead atoms. The summed E-state index contributed by atoms with van der Waals surface area (Å²) >= 11 is 7.97. The third-order valence-electron chi connectivity index (χ3n) is 3.17. The summed E-state index contributed by atoms with van der Waals surface area (Å²) < 4.78 is 10.7. The predicted octanol–water partition coefficient (Wildman–Crippen LogP) is 4.32. The topological polar surface area (TPSA) is 43.4 Å². The van der Waals surface area contributed by atoms with Gasteiger partial charge in [0, 0.05) is 17.0 Å². The molecule has 1 aromatic heterocycles. The monoisotopic (exact) mass is 310 g/mol. The number of ether oxygens (including phenoxy) is 2. The summed E-state index contributed by atoms with van der Waals surface area (Å²) in [4.78, 5) is 5.67. The number of thiazole rings is 1. The lowest BCUT2D eigenvalue weighted by molar-refractivity contribution is 0.174. The van der Waals surface area contributed by atoms with Crippen molar-refractivity contribution in [2.24, 2.45) is 0 Å². The molecule has 6 heteroatoms. The van der Waals surface area contributed by atoms with Gasteiger partial charge in [0.2, 0.25) is 6.79 Å². The van der Waals surface area contributed by atoms with E-state index in [1.54, 1.807) is 17.4 Å². The third-order valence-corrected chi connectivity index (χ3v) is 4.74. The molecular weight excluding hydrogens is 296 g/mol. The first-order valence-corrected chi connectivity index (χ1v) is 7.53. The highest BCUT2D eigenvalue weighted by Gasteiger charge is 2.19. The molecule has 20 heavy (non-hydrogen) atoms. The lowest BCUT2D eigenvalue weighted by Gasteiger charge is -2.16. The van der Waals surface area contributed by atoms with E-state index >= 15 is 0 Å². The quantitative estimate of drug-likeness (QED) is 0.917. The van der Waals surface area contributed by atoms with Crippen LogP contribution in [-0.4, -0.2) is 11.8 Å². The van der Waals surface area contributed by atoms with Gasteiger partial charge in [0.05, 0.1) is 27.5 Å². The molecule has 0 amide bonds. The van der Waals surface area contributed by atoms with E-state index in [1.807, 2.05) is 19.9 Å². The van der Waals surface area contributed by atoms with E-state index in [0.29, 0.717) is 10.8 Å². The second-order valence-corrected chi connectivity index (χ2v) is 6.38. The van der Waals surface area contributed by atoms with Crippen LogP contribution >= 0.6 is 22.9 Å². The van der Waals surface area contributed by atoms with E-state index in [4.69, 9.17) is 21.1 Å². The smallest absolute Gasteiger partial charge is 0.231 e. The van der Waals surface area contributed by atoms with E-state index in [-0.39, 0.29) is 12.8 Å². The van der Waals surface area contributed by atoms with Gasteiger partial charge in [-0.05, 0) is 20.8 Å². The Balaban J connectivity index is 1.86. The molecule has 0 radical (unpaired) electrons. The van der Waals surface area contributed by atoms with Crippen molar-refractivity contribution in [2.45, 2.75) is 26.8 Å². The first-order chi connectivity index (χ1) is 9.54. The van der Waals surface area contributed by atoms with Crippen molar-refractivity contribution >= 4 is 28.6 Å². The molecule has 1 aliphatic rings. The molecule has 2 heterocycles. The van der Waals surface area contributed by atoms with Crippen LogP contribution in [0.1, 0.15) is 28.5 Å². The average molecular weight is 311 g/mol. The highest BCUT2D eigenvalue weighted by molar-refractivity contribution is 7.11. The molecular formula is C14H15ClN2O2S. The molecule has 106 valence electrons. The number of rotatable bonds is 3. The van der Waals surface area contributed by atoms with Crippen LogP contribution in [0, 0.1) is 13.8 Å². The van der Waals surface area contributed by atoms with Crippen molar-refractivity contribution < 1.29 is 9.47 Å². The maximum atomic E-state index is 6.27. The molecule has 3 rings (SSSR count). The fourth-order valence-electron chi connectivity index (χ4n) is 2.28. The van der Waals surface area contributed by atoms with Gasteiger partial charge >= 0.3 is 0 Å². The van der Waals surface area contributed by atoms with E-state index < -0.39 is 0 Å². The number of hydrogen-bond donors (Lipinski definition) is 1. The van der Waals surface area contributed by atoms with Crippen molar-refractivity contribution in [1.29, 1.82) is 0 Å². The lowest BCUT2D eigenvalue weighted by Crippen LogP contribution is -2.06. The highest BCUT2D eigenvalue weighted by Crippen LogP contribution is 2.40. The Morgan fingerprint density at radius 1 is 1.30 bits per heavy atom. The molecule has 0 spiro atoms. The second kappa shape index (κ2) is 5.14. The zero-order valence-corrected chi connectivity index (χ0v) is 13.1. The van der Waals surface area contributed by atoms with Gasteiger partial charge < -0.3 is 14.8 Å². The summed E-state index contributed by atoms with van der Waals surface area (Å²) in [5.41, 5.74) is 1.90. The second-order valence-electron chi connectivity index (χ2n) is 4.73. The van der Waals surface area contributed by atoms with Gasteiger partial charge in [0.25, 0.3) is 0 Å². The Labute approximate surface area is 126 Å². The summed E-state index contributed by atoms with van der Waals surface area (Å²) in [6.45, 7) is 6.39. The Morgan fingerprint density at radius 3 is 2.65 bits per heavy atom. The van der Waals surface area contributed by atoms with Crippen molar-refractivity contribution in [2.75, 3.05) is 12.1 Å². The van der Waals surface area contributed by atoms with Crippen LogP contribution in [0.15, 0.2) is 12.1 Å². The molecule has 1 aromatic carbocycles. The van der Waals surface area contributed by atoms with Crippen LogP contribution in [0.2, 0.25) is 5.02 Å². The van der Waals surface area contributed by atoms with Gasteiger partial charge in [-0.15, -0.1) is 11.3 Å². The highest BCUT2D eigenvalue weighted by atomic mass is 35.5. The third kappa shape index (κ3) is 2.43. The molecule has 0 saturated carbocycles. The minimum Gasteiger partial charge on any atom is -0.454 e. The maximum Gasteiger partial charge on any atom is 0.231 e. The number of halogens is 1. The summed E-state index contributed by atoms with van der Waals surface area (Å²) in [7, 11) is 0.